The summed E-state index contributed by atoms with van der Waals surface area (Å²) in [5, 5.41) is 0. The van der Waals surface area contributed by atoms with Crippen LogP contribution in [0, 0.1) is 0 Å². The Morgan fingerprint density at radius 3 is 2.07 bits per heavy atom. The van der Waals surface area contributed by atoms with Gasteiger partial charge in [-0.3, -0.25) is 4.90 Å². The Labute approximate surface area is 104 Å². The van der Waals surface area contributed by atoms with E-state index in [1.165, 1.54) is 11.1 Å². The lowest BCUT2D eigenvalue weighted by Gasteiger charge is -2.13. The topological polar surface area (TPSA) is 29.3 Å². The third-order valence-corrected chi connectivity index (χ3v) is 2.58. The van der Waals surface area contributed by atoms with Crippen molar-refractivity contribution in [2.45, 2.75) is 19.5 Å². The van der Waals surface area contributed by atoms with E-state index in [1.807, 2.05) is 0 Å². The zero-order chi connectivity index (χ0) is 9.10. The summed E-state index contributed by atoms with van der Waals surface area (Å²) in [7, 11) is 0. The molecule has 0 bridgehead atoms. The van der Waals surface area contributed by atoms with Crippen LogP contribution in [0.1, 0.15) is 17.5 Å². The highest BCUT2D eigenvalue weighted by Gasteiger charge is 2.16. The molecule has 0 unspecified atom stereocenters. The van der Waals surface area contributed by atoms with Gasteiger partial charge in [-0.1, -0.05) is 24.3 Å². The molecular weight excluding hydrogens is 231 g/mol. The smallest absolute Gasteiger partial charge is 0.0240 e. The van der Waals surface area contributed by atoms with Crippen molar-refractivity contribution in [1.82, 2.24) is 4.90 Å². The Morgan fingerprint density at radius 1 is 1.07 bits per heavy atom. The highest BCUT2D eigenvalue weighted by atomic mass is 35.5. The van der Waals surface area contributed by atoms with Gasteiger partial charge in [-0.2, -0.15) is 0 Å². The third-order valence-electron chi connectivity index (χ3n) is 2.58. The van der Waals surface area contributed by atoms with Crippen LogP contribution in [0.25, 0.3) is 0 Å². The first-order chi connectivity index (χ1) is 6.40. The van der Waals surface area contributed by atoms with E-state index in [2.05, 4.69) is 29.2 Å². The molecule has 15 heavy (non-hydrogen) atoms. The first-order valence-electron chi connectivity index (χ1n) is 4.89. The minimum Gasteiger partial charge on any atom is -1.00 e. The molecule has 1 heterocycles. The lowest BCUT2D eigenvalue weighted by atomic mass is 10.1. The Hall–Kier alpha value is -0.280. The highest BCUT2D eigenvalue weighted by molar-refractivity contribution is 5.30. The SMILES string of the molecule is NCCCN1Cc2ccccc2C1.[Cl-].[Cl-]. The molecule has 0 radical (unpaired) electrons. The van der Waals surface area contributed by atoms with Gasteiger partial charge in [0.2, 0.25) is 0 Å². The summed E-state index contributed by atoms with van der Waals surface area (Å²) >= 11 is 0. The summed E-state index contributed by atoms with van der Waals surface area (Å²) in [5.74, 6) is 0. The Bertz CT molecular complexity index is 267. The van der Waals surface area contributed by atoms with E-state index in [1.54, 1.807) is 0 Å². The van der Waals surface area contributed by atoms with Gasteiger partial charge in [-0.05, 0) is 24.1 Å². The highest BCUT2D eigenvalue weighted by Crippen LogP contribution is 2.21. The molecule has 1 aromatic rings. The molecule has 0 amide bonds. The first-order valence-corrected chi connectivity index (χ1v) is 4.89. The van der Waals surface area contributed by atoms with E-state index < -0.39 is 0 Å². The molecule has 0 saturated carbocycles. The molecule has 2 N–H and O–H groups in total. The van der Waals surface area contributed by atoms with Gasteiger partial charge >= 0.3 is 0 Å². The molecule has 0 atom stereocenters. The fraction of sp³-hybridized carbons (Fsp3) is 0.455. The summed E-state index contributed by atoms with van der Waals surface area (Å²) in [6.07, 6.45) is 1.11. The van der Waals surface area contributed by atoms with Crippen molar-refractivity contribution in [3.8, 4) is 0 Å². The van der Waals surface area contributed by atoms with Crippen molar-refractivity contribution < 1.29 is 24.8 Å². The van der Waals surface area contributed by atoms with E-state index in [-0.39, 0.29) is 24.8 Å². The van der Waals surface area contributed by atoms with Crippen molar-refractivity contribution in [2.24, 2.45) is 5.73 Å². The molecule has 2 rings (SSSR count). The van der Waals surface area contributed by atoms with Crippen LogP contribution in [0.15, 0.2) is 24.3 Å². The van der Waals surface area contributed by atoms with Crippen molar-refractivity contribution in [3.05, 3.63) is 35.4 Å². The van der Waals surface area contributed by atoms with E-state index in [9.17, 15) is 0 Å². The molecule has 0 fully saturated rings. The minimum atomic E-state index is 0. The number of nitrogens with zero attached hydrogens (tertiary/aromatic N) is 1. The predicted molar refractivity (Wildman–Crippen MR) is 54.2 cm³/mol. The van der Waals surface area contributed by atoms with Crippen LogP contribution in [0.2, 0.25) is 0 Å². The Balaban J connectivity index is 0.000000980. The number of fused-ring (bicyclic) bond motifs is 1. The van der Waals surface area contributed by atoms with Crippen LogP contribution in [0.5, 0.6) is 0 Å². The largest absolute Gasteiger partial charge is 1.00 e. The van der Waals surface area contributed by atoms with Crippen LogP contribution in [-0.4, -0.2) is 18.0 Å². The second-order valence-electron chi connectivity index (χ2n) is 3.62. The van der Waals surface area contributed by atoms with E-state index in [0.717, 1.165) is 32.6 Å². The molecule has 0 saturated heterocycles. The average molecular weight is 247 g/mol. The lowest BCUT2D eigenvalue weighted by Crippen LogP contribution is -3.00. The zero-order valence-electron chi connectivity index (χ0n) is 8.63. The van der Waals surface area contributed by atoms with Crippen molar-refractivity contribution in [3.63, 3.8) is 0 Å². The zero-order valence-corrected chi connectivity index (χ0v) is 10.1. The maximum absolute atomic E-state index is 5.49. The standard InChI is InChI=1S/C11H16N2.2ClH/c12-6-3-7-13-8-10-4-1-2-5-11(10)9-13;;/h1-2,4-5H,3,6-9,12H2;2*1H/p-2. The number of benzene rings is 1. The summed E-state index contributed by atoms with van der Waals surface area (Å²) in [5.41, 5.74) is 8.46. The number of hydrogen-bond acceptors (Lipinski definition) is 2. The Morgan fingerprint density at radius 2 is 1.60 bits per heavy atom. The van der Waals surface area contributed by atoms with Crippen molar-refractivity contribution in [1.29, 1.82) is 0 Å². The quantitative estimate of drug-likeness (QED) is 0.582. The average Bonchev–Trinajstić information content (AvgIpc) is 2.57. The minimum absolute atomic E-state index is 0. The lowest BCUT2D eigenvalue weighted by molar-refractivity contribution is -0.001000. The van der Waals surface area contributed by atoms with E-state index in [0.29, 0.717) is 0 Å². The molecule has 1 aliphatic rings. The number of nitrogens with two attached hydrogens (primary N) is 1. The monoisotopic (exact) mass is 246 g/mol. The second kappa shape index (κ2) is 7.07. The van der Waals surface area contributed by atoms with Crippen LogP contribution in [0.3, 0.4) is 0 Å². The van der Waals surface area contributed by atoms with Crippen LogP contribution < -0.4 is 30.5 Å². The summed E-state index contributed by atoms with van der Waals surface area (Å²) < 4.78 is 0. The van der Waals surface area contributed by atoms with Gasteiger partial charge in [0.1, 0.15) is 0 Å². The van der Waals surface area contributed by atoms with Gasteiger partial charge in [0.05, 0.1) is 0 Å². The maximum atomic E-state index is 5.49. The molecular formula is C11H16Cl2N2-2. The fourth-order valence-corrected chi connectivity index (χ4v) is 1.88. The molecule has 0 spiro atoms. The van der Waals surface area contributed by atoms with E-state index in [4.69, 9.17) is 5.73 Å². The first kappa shape index (κ1) is 14.7. The number of rotatable bonds is 3. The molecule has 0 aromatic heterocycles. The van der Waals surface area contributed by atoms with Crippen molar-refractivity contribution >= 4 is 0 Å². The summed E-state index contributed by atoms with van der Waals surface area (Å²) in [4.78, 5) is 2.46. The fourth-order valence-electron chi connectivity index (χ4n) is 1.88. The number of halogens is 2. The van der Waals surface area contributed by atoms with Gasteiger partial charge in [-0.15, -0.1) is 0 Å². The third kappa shape index (κ3) is 3.65. The van der Waals surface area contributed by atoms with Crippen LogP contribution in [0.4, 0.5) is 0 Å². The molecule has 0 aliphatic carbocycles. The molecule has 1 aliphatic heterocycles. The van der Waals surface area contributed by atoms with Gasteiger partial charge < -0.3 is 30.5 Å². The summed E-state index contributed by atoms with van der Waals surface area (Å²) in [6, 6.07) is 8.67. The van der Waals surface area contributed by atoms with Gasteiger partial charge in [0.15, 0.2) is 0 Å². The second-order valence-corrected chi connectivity index (χ2v) is 3.62. The van der Waals surface area contributed by atoms with Crippen LogP contribution in [-0.2, 0) is 13.1 Å². The molecule has 2 nitrogen and oxygen atoms in total. The molecule has 4 heteroatoms. The Kier molecular flexibility index (Phi) is 6.94. The normalized spacial score (nSPS) is 13.9. The van der Waals surface area contributed by atoms with Gasteiger partial charge in [0, 0.05) is 19.6 Å². The maximum Gasteiger partial charge on any atom is 0.0240 e. The van der Waals surface area contributed by atoms with Gasteiger partial charge in [-0.25, -0.2) is 0 Å². The molecule has 86 valence electrons. The van der Waals surface area contributed by atoms with Gasteiger partial charge in [0.25, 0.3) is 0 Å². The van der Waals surface area contributed by atoms with E-state index >= 15 is 0 Å². The van der Waals surface area contributed by atoms with Crippen LogP contribution >= 0.6 is 0 Å². The number of hydrogen-bond donors (Lipinski definition) is 1. The summed E-state index contributed by atoms with van der Waals surface area (Å²) in [6.45, 7) is 4.14. The van der Waals surface area contributed by atoms with Crippen molar-refractivity contribution in [2.75, 3.05) is 13.1 Å². The molecule has 1 aromatic carbocycles. The predicted octanol–water partition coefficient (Wildman–Crippen LogP) is -4.64.